The van der Waals surface area contributed by atoms with Gasteiger partial charge in [0, 0.05) is 18.8 Å². The summed E-state index contributed by atoms with van der Waals surface area (Å²) in [4.78, 5) is 2.37. The molecule has 0 unspecified atom stereocenters. The average Bonchev–Trinajstić information content (AvgIpc) is 2.27. The lowest BCUT2D eigenvalue weighted by molar-refractivity contribution is -0.00524. The van der Waals surface area contributed by atoms with E-state index in [0.717, 1.165) is 18.7 Å². The Morgan fingerprint density at radius 2 is 1.94 bits per heavy atom. The van der Waals surface area contributed by atoms with Gasteiger partial charge in [-0.15, -0.1) is 0 Å². The van der Waals surface area contributed by atoms with E-state index in [1.165, 1.54) is 11.3 Å². The Bertz CT molecular complexity index is 382. The minimum Gasteiger partial charge on any atom is -0.392 e. The summed E-state index contributed by atoms with van der Waals surface area (Å²) in [5, 5.41) is 9.11. The molecule has 2 atom stereocenters. The molecular formula is C14H21NO2. The molecule has 0 bridgehead atoms. The lowest BCUT2D eigenvalue weighted by Crippen LogP contribution is -2.45. The van der Waals surface area contributed by atoms with Crippen LogP contribution < -0.4 is 4.90 Å². The molecular weight excluding hydrogens is 214 g/mol. The lowest BCUT2D eigenvalue weighted by atomic mass is 10.1. The summed E-state index contributed by atoms with van der Waals surface area (Å²) < 4.78 is 5.74. The number of aryl methyl sites for hydroxylation is 1. The number of hydrogen-bond donors (Lipinski definition) is 1. The Morgan fingerprint density at radius 1 is 1.29 bits per heavy atom. The number of benzene rings is 1. The summed E-state index contributed by atoms with van der Waals surface area (Å²) in [6.45, 7) is 8.30. The number of morpholine rings is 1. The third-order valence-electron chi connectivity index (χ3n) is 3.20. The van der Waals surface area contributed by atoms with Crippen LogP contribution in [0, 0.1) is 6.92 Å². The van der Waals surface area contributed by atoms with Crippen LogP contribution in [0.3, 0.4) is 0 Å². The first-order chi connectivity index (χ1) is 8.10. The Hall–Kier alpha value is -1.06. The quantitative estimate of drug-likeness (QED) is 0.852. The van der Waals surface area contributed by atoms with Crippen molar-refractivity contribution in [2.45, 2.75) is 39.6 Å². The van der Waals surface area contributed by atoms with Crippen molar-refractivity contribution in [3.63, 3.8) is 0 Å². The second kappa shape index (κ2) is 5.07. The van der Waals surface area contributed by atoms with E-state index < -0.39 is 0 Å². The van der Waals surface area contributed by atoms with E-state index in [-0.39, 0.29) is 18.8 Å². The molecule has 0 aliphatic carbocycles. The molecule has 0 amide bonds. The van der Waals surface area contributed by atoms with Gasteiger partial charge in [-0.2, -0.15) is 0 Å². The molecule has 1 aliphatic heterocycles. The predicted molar refractivity (Wildman–Crippen MR) is 69.3 cm³/mol. The van der Waals surface area contributed by atoms with Crippen LogP contribution in [0.4, 0.5) is 5.69 Å². The van der Waals surface area contributed by atoms with Crippen molar-refractivity contribution in [3.8, 4) is 0 Å². The summed E-state index contributed by atoms with van der Waals surface area (Å²) >= 11 is 0. The van der Waals surface area contributed by atoms with Crippen molar-refractivity contribution in [2.24, 2.45) is 0 Å². The number of ether oxygens (including phenoxy) is 1. The highest BCUT2D eigenvalue weighted by Crippen LogP contribution is 2.25. The van der Waals surface area contributed by atoms with E-state index in [2.05, 4.69) is 37.8 Å². The minimum atomic E-state index is 0.108. The molecule has 1 aromatic carbocycles. The van der Waals surface area contributed by atoms with E-state index >= 15 is 0 Å². The van der Waals surface area contributed by atoms with Gasteiger partial charge in [0.15, 0.2) is 0 Å². The Labute approximate surface area is 103 Å². The van der Waals surface area contributed by atoms with Gasteiger partial charge in [-0.05, 0) is 38.0 Å². The maximum Gasteiger partial charge on any atom is 0.0726 e. The number of aliphatic hydroxyl groups is 1. The summed E-state index contributed by atoms with van der Waals surface area (Å²) in [5.74, 6) is 0. The molecule has 1 aromatic rings. The molecule has 1 saturated heterocycles. The molecule has 1 fully saturated rings. The first kappa shape index (κ1) is 12.4. The fourth-order valence-corrected chi connectivity index (χ4v) is 2.55. The molecule has 2 rings (SSSR count). The van der Waals surface area contributed by atoms with Crippen LogP contribution >= 0.6 is 0 Å². The van der Waals surface area contributed by atoms with E-state index in [0.29, 0.717) is 0 Å². The molecule has 0 spiro atoms. The zero-order valence-corrected chi connectivity index (χ0v) is 10.8. The Balaban J connectivity index is 2.21. The largest absolute Gasteiger partial charge is 0.392 e. The number of anilines is 1. The standard InChI is InChI=1S/C14H21NO2/c1-10-6-13(9-16)4-5-14(10)15-7-11(2)17-12(3)8-15/h4-6,11-12,16H,7-9H2,1-3H3/t11-,12+. The highest BCUT2D eigenvalue weighted by atomic mass is 16.5. The van der Waals surface area contributed by atoms with E-state index in [4.69, 9.17) is 9.84 Å². The molecule has 0 radical (unpaired) electrons. The number of nitrogens with zero attached hydrogens (tertiary/aromatic N) is 1. The summed E-state index contributed by atoms with van der Waals surface area (Å²) in [5.41, 5.74) is 3.45. The van der Waals surface area contributed by atoms with Crippen LogP contribution in [-0.2, 0) is 11.3 Å². The average molecular weight is 235 g/mol. The Kier molecular flexibility index (Phi) is 3.69. The summed E-state index contributed by atoms with van der Waals surface area (Å²) in [6.07, 6.45) is 0.548. The van der Waals surface area contributed by atoms with Crippen molar-refractivity contribution < 1.29 is 9.84 Å². The number of hydrogen-bond acceptors (Lipinski definition) is 3. The zero-order valence-electron chi connectivity index (χ0n) is 10.8. The number of aliphatic hydroxyl groups excluding tert-OH is 1. The highest BCUT2D eigenvalue weighted by molar-refractivity contribution is 5.55. The van der Waals surface area contributed by atoms with Crippen molar-refractivity contribution in [3.05, 3.63) is 29.3 Å². The van der Waals surface area contributed by atoms with Crippen LogP contribution in [-0.4, -0.2) is 30.4 Å². The third-order valence-corrected chi connectivity index (χ3v) is 3.20. The van der Waals surface area contributed by atoms with E-state index in [1.807, 2.05) is 6.07 Å². The fourth-order valence-electron chi connectivity index (χ4n) is 2.55. The van der Waals surface area contributed by atoms with Crippen LogP contribution in [0.25, 0.3) is 0 Å². The highest BCUT2D eigenvalue weighted by Gasteiger charge is 2.23. The van der Waals surface area contributed by atoms with Crippen LogP contribution in [0.1, 0.15) is 25.0 Å². The van der Waals surface area contributed by atoms with Gasteiger partial charge >= 0.3 is 0 Å². The van der Waals surface area contributed by atoms with Gasteiger partial charge in [0.05, 0.1) is 18.8 Å². The molecule has 1 heterocycles. The maximum absolute atomic E-state index is 9.11. The minimum absolute atomic E-state index is 0.108. The third kappa shape index (κ3) is 2.79. The molecule has 0 aromatic heterocycles. The SMILES string of the molecule is Cc1cc(CO)ccc1N1C[C@@H](C)O[C@@H](C)C1. The molecule has 1 N–H and O–H groups in total. The van der Waals surface area contributed by atoms with Crippen molar-refractivity contribution >= 4 is 5.69 Å². The fraction of sp³-hybridized carbons (Fsp3) is 0.571. The van der Waals surface area contributed by atoms with E-state index in [9.17, 15) is 0 Å². The smallest absolute Gasteiger partial charge is 0.0726 e. The second-order valence-electron chi connectivity index (χ2n) is 4.94. The van der Waals surface area contributed by atoms with Gasteiger partial charge in [-0.25, -0.2) is 0 Å². The van der Waals surface area contributed by atoms with Crippen LogP contribution in [0.2, 0.25) is 0 Å². The molecule has 17 heavy (non-hydrogen) atoms. The van der Waals surface area contributed by atoms with Gasteiger partial charge in [0.1, 0.15) is 0 Å². The summed E-state index contributed by atoms with van der Waals surface area (Å²) in [7, 11) is 0. The molecule has 1 aliphatic rings. The molecule has 94 valence electrons. The maximum atomic E-state index is 9.11. The van der Waals surface area contributed by atoms with E-state index in [1.54, 1.807) is 0 Å². The monoisotopic (exact) mass is 235 g/mol. The predicted octanol–water partition coefficient (Wildman–Crippen LogP) is 2.10. The first-order valence-corrected chi connectivity index (χ1v) is 6.21. The van der Waals surface area contributed by atoms with Gasteiger partial charge in [-0.3, -0.25) is 0 Å². The van der Waals surface area contributed by atoms with Gasteiger partial charge in [0.2, 0.25) is 0 Å². The number of rotatable bonds is 2. The second-order valence-corrected chi connectivity index (χ2v) is 4.94. The zero-order chi connectivity index (χ0) is 12.4. The van der Waals surface area contributed by atoms with Crippen molar-refractivity contribution in [1.29, 1.82) is 0 Å². The van der Waals surface area contributed by atoms with Crippen molar-refractivity contribution in [2.75, 3.05) is 18.0 Å². The molecule has 0 saturated carbocycles. The van der Waals surface area contributed by atoms with Crippen LogP contribution in [0.5, 0.6) is 0 Å². The van der Waals surface area contributed by atoms with Crippen LogP contribution in [0.15, 0.2) is 18.2 Å². The first-order valence-electron chi connectivity index (χ1n) is 6.21. The molecule has 3 heteroatoms. The van der Waals surface area contributed by atoms with Gasteiger partial charge in [0.25, 0.3) is 0 Å². The van der Waals surface area contributed by atoms with Crippen molar-refractivity contribution in [1.82, 2.24) is 0 Å². The Morgan fingerprint density at radius 3 is 2.47 bits per heavy atom. The van der Waals surface area contributed by atoms with Gasteiger partial charge < -0.3 is 14.7 Å². The normalized spacial score (nSPS) is 25.1. The lowest BCUT2D eigenvalue weighted by Gasteiger charge is -2.37. The topological polar surface area (TPSA) is 32.7 Å². The van der Waals surface area contributed by atoms with Gasteiger partial charge in [-0.1, -0.05) is 12.1 Å². The molecule has 3 nitrogen and oxygen atoms in total. The summed E-state index contributed by atoms with van der Waals surface area (Å²) in [6, 6.07) is 6.15.